The lowest BCUT2D eigenvalue weighted by atomic mass is 9.88. The van der Waals surface area contributed by atoms with E-state index in [0.717, 1.165) is 11.1 Å². The highest BCUT2D eigenvalue weighted by molar-refractivity contribution is 5.95. The lowest BCUT2D eigenvalue weighted by molar-refractivity contribution is -0.154. The molecule has 348 valence electrons. The molecule has 1 aromatic rings. The normalized spacial score (nSPS) is 16.0. The van der Waals surface area contributed by atoms with Crippen LogP contribution in [0.4, 0.5) is 4.79 Å². The summed E-state index contributed by atoms with van der Waals surface area (Å²) in [6.45, 7) is 22.2. The SMILES string of the molecule is C/C=C(\C)[C@@H](NC(=O)OC(C)(C)C)[C@@H](C)[C@H](O)C/C=C(\C)C(=O)O[C@H](CC(C)C)C(=O)N[C@@H](C)C(=O)N(C)[C@H](Cc1ccccc1)C(=O)N(C)CC(=O)N[C@H](C(C)=O)C(C)CC. The minimum Gasteiger partial charge on any atom is -0.449 e. The van der Waals surface area contributed by atoms with Crippen LogP contribution in [-0.4, -0.2) is 119 Å². The molecule has 15 heteroatoms. The van der Waals surface area contributed by atoms with Crippen LogP contribution in [-0.2, 0) is 44.7 Å². The first-order chi connectivity index (χ1) is 28.7. The monoisotopic (exact) mass is 870 g/mol. The van der Waals surface area contributed by atoms with Crippen molar-refractivity contribution in [2.75, 3.05) is 20.6 Å². The molecule has 1 rings (SSSR count). The van der Waals surface area contributed by atoms with Gasteiger partial charge in [-0.3, -0.25) is 24.0 Å². The molecule has 0 heterocycles. The molecule has 5 amide bonds. The number of carbonyl (C=O) groups is 7. The van der Waals surface area contributed by atoms with Crippen LogP contribution in [0.25, 0.3) is 0 Å². The van der Waals surface area contributed by atoms with Gasteiger partial charge in [0.1, 0.15) is 17.7 Å². The maximum Gasteiger partial charge on any atom is 0.408 e. The van der Waals surface area contributed by atoms with Crippen LogP contribution in [0.3, 0.4) is 0 Å². The summed E-state index contributed by atoms with van der Waals surface area (Å²) in [6.07, 6.45) is 1.45. The van der Waals surface area contributed by atoms with Crippen LogP contribution >= 0.6 is 0 Å². The molecule has 0 fully saturated rings. The van der Waals surface area contributed by atoms with Crippen molar-refractivity contribution in [2.24, 2.45) is 17.8 Å². The third kappa shape index (κ3) is 18.5. The Morgan fingerprint density at radius 3 is 1.97 bits per heavy atom. The molecule has 62 heavy (non-hydrogen) atoms. The quantitative estimate of drug-likeness (QED) is 0.0637. The smallest absolute Gasteiger partial charge is 0.408 e. The van der Waals surface area contributed by atoms with Crippen LogP contribution in [0.5, 0.6) is 0 Å². The lowest BCUT2D eigenvalue weighted by Crippen LogP contribution is -2.56. The van der Waals surface area contributed by atoms with Gasteiger partial charge in [0.25, 0.3) is 5.91 Å². The summed E-state index contributed by atoms with van der Waals surface area (Å²) < 4.78 is 11.1. The second-order valence-electron chi connectivity index (χ2n) is 17.9. The van der Waals surface area contributed by atoms with Gasteiger partial charge in [0.2, 0.25) is 17.7 Å². The fourth-order valence-corrected chi connectivity index (χ4v) is 6.65. The molecule has 1 aromatic carbocycles. The van der Waals surface area contributed by atoms with Gasteiger partial charge in [-0.05, 0) is 85.6 Å². The van der Waals surface area contributed by atoms with Gasteiger partial charge in [-0.2, -0.15) is 0 Å². The molecule has 0 saturated carbocycles. The van der Waals surface area contributed by atoms with Crippen LogP contribution in [0, 0.1) is 17.8 Å². The summed E-state index contributed by atoms with van der Waals surface area (Å²) in [6, 6.07) is 5.59. The molecule has 0 aliphatic rings. The number of aliphatic hydroxyl groups is 1. The second kappa shape index (κ2) is 25.8. The second-order valence-corrected chi connectivity index (χ2v) is 17.9. The number of nitrogens with one attached hydrogen (secondary N) is 3. The summed E-state index contributed by atoms with van der Waals surface area (Å²) in [5, 5.41) is 19.4. The zero-order valence-electron chi connectivity index (χ0n) is 39.8. The molecule has 0 bridgehead atoms. The van der Waals surface area contributed by atoms with E-state index >= 15 is 0 Å². The molecule has 0 spiro atoms. The number of nitrogens with zero attached hydrogens (tertiary/aromatic N) is 2. The van der Waals surface area contributed by atoms with Crippen molar-refractivity contribution in [1.29, 1.82) is 0 Å². The van der Waals surface area contributed by atoms with Crippen LogP contribution in [0.1, 0.15) is 115 Å². The number of alkyl carbamates (subject to hydrolysis) is 1. The number of benzene rings is 1. The van der Waals surface area contributed by atoms with Crippen LogP contribution in [0.2, 0.25) is 0 Å². The first-order valence-electron chi connectivity index (χ1n) is 21.6. The molecule has 0 aliphatic heterocycles. The van der Waals surface area contributed by atoms with Gasteiger partial charge < -0.3 is 40.3 Å². The molecule has 8 atom stereocenters. The van der Waals surface area contributed by atoms with Crippen molar-refractivity contribution >= 4 is 41.5 Å². The van der Waals surface area contributed by atoms with Gasteiger partial charge in [0.05, 0.1) is 24.7 Å². The Balaban J connectivity index is 3.18. The number of ether oxygens (including phenoxy) is 2. The van der Waals surface area contributed by atoms with E-state index in [2.05, 4.69) is 16.0 Å². The predicted molar refractivity (Wildman–Crippen MR) is 239 cm³/mol. The van der Waals surface area contributed by atoms with Crippen molar-refractivity contribution in [3.63, 3.8) is 0 Å². The van der Waals surface area contributed by atoms with Crippen molar-refractivity contribution in [3.05, 3.63) is 59.2 Å². The van der Waals surface area contributed by atoms with Crippen molar-refractivity contribution in [2.45, 2.75) is 158 Å². The Hall–Kier alpha value is -5.05. The van der Waals surface area contributed by atoms with Gasteiger partial charge in [0, 0.05) is 32.0 Å². The Bertz CT molecular complexity index is 1740. The van der Waals surface area contributed by atoms with Gasteiger partial charge >= 0.3 is 12.1 Å². The fraction of sp³-hybridized carbons (Fsp3) is 0.638. The number of carbonyl (C=O) groups excluding carboxylic acids is 7. The zero-order chi connectivity index (χ0) is 47.6. The van der Waals surface area contributed by atoms with E-state index < -0.39 is 83.6 Å². The number of aliphatic hydroxyl groups excluding tert-OH is 1. The van der Waals surface area contributed by atoms with E-state index in [-0.39, 0.29) is 49.0 Å². The van der Waals surface area contributed by atoms with E-state index in [9.17, 15) is 38.7 Å². The maximum absolute atomic E-state index is 14.0. The molecule has 0 saturated heterocycles. The summed E-state index contributed by atoms with van der Waals surface area (Å²) in [5.41, 5.74) is 1.01. The average Bonchev–Trinajstić information content (AvgIpc) is 3.20. The number of rotatable bonds is 23. The highest BCUT2D eigenvalue weighted by Gasteiger charge is 2.35. The number of esters is 1. The first-order valence-corrected chi connectivity index (χ1v) is 21.6. The van der Waals surface area contributed by atoms with E-state index in [1.54, 1.807) is 39.8 Å². The van der Waals surface area contributed by atoms with Gasteiger partial charge in [-0.1, -0.05) is 89.1 Å². The number of likely N-dealkylation sites (N-methyl/N-ethyl adjacent to an activating group) is 2. The van der Waals surface area contributed by atoms with E-state index in [1.165, 1.54) is 50.7 Å². The topological polar surface area (TPSA) is 201 Å². The number of Topliss-reactive ketones (excluding diaryl/α,β-unsaturated/α-hetero) is 1. The highest BCUT2D eigenvalue weighted by atomic mass is 16.6. The number of ketones is 1. The minimum absolute atomic E-state index is 0.0459. The number of allylic oxidation sites excluding steroid dienone is 1. The van der Waals surface area contributed by atoms with E-state index in [1.807, 2.05) is 65.8 Å². The first kappa shape index (κ1) is 55.0. The Morgan fingerprint density at radius 1 is 0.855 bits per heavy atom. The number of amides is 5. The summed E-state index contributed by atoms with van der Waals surface area (Å²) in [4.78, 5) is 95.3. The molecule has 1 unspecified atom stereocenters. The molecule has 0 radical (unpaired) electrons. The van der Waals surface area contributed by atoms with Crippen LogP contribution < -0.4 is 16.0 Å². The number of hydrogen-bond acceptors (Lipinski definition) is 10. The zero-order valence-corrected chi connectivity index (χ0v) is 39.8. The standard InChI is InChI=1S/C47H75N5O10/c1-16-29(5)40(50-46(60)62-47(11,12)13)32(8)37(54)24-23-31(7)45(59)61-38(25-28(3)4)42(56)48-33(9)43(57)52(15)36(26-35-21-19-18-20-22-35)44(58)51(14)27-39(55)49-41(34(10)53)30(6)17-2/h16,18-23,28,30,32-33,36-38,40-41,54H,17,24-27H2,1-15H3,(H,48,56)(H,49,55)(H,50,60)/b29-16+,31-23+/t30?,32-,33-,36+,37+,38+,40+,41-/m0/s1. The fourth-order valence-electron chi connectivity index (χ4n) is 6.65. The third-order valence-electron chi connectivity index (χ3n) is 10.8. The highest BCUT2D eigenvalue weighted by Crippen LogP contribution is 2.21. The molecular formula is C47H75N5O10. The summed E-state index contributed by atoms with van der Waals surface area (Å²) in [5.74, 6) is -3.99. The predicted octanol–water partition coefficient (Wildman–Crippen LogP) is 5.29. The largest absolute Gasteiger partial charge is 0.449 e. The molecule has 4 N–H and O–H groups in total. The van der Waals surface area contributed by atoms with Gasteiger partial charge in [-0.15, -0.1) is 0 Å². The number of hydrogen-bond donors (Lipinski definition) is 4. The molecular weight excluding hydrogens is 795 g/mol. The lowest BCUT2D eigenvalue weighted by Gasteiger charge is -2.33. The van der Waals surface area contributed by atoms with Crippen molar-refractivity contribution in [1.82, 2.24) is 25.8 Å². The molecule has 0 aliphatic carbocycles. The average molecular weight is 870 g/mol. The Morgan fingerprint density at radius 2 is 1.45 bits per heavy atom. The van der Waals surface area contributed by atoms with E-state index in [0.29, 0.717) is 6.42 Å². The Labute approximate surface area is 369 Å². The molecule has 15 nitrogen and oxygen atoms in total. The minimum atomic E-state index is -1.27. The Kier molecular flexibility index (Phi) is 22.9. The van der Waals surface area contributed by atoms with Crippen LogP contribution in [0.15, 0.2) is 53.6 Å². The van der Waals surface area contributed by atoms with Gasteiger partial charge in [0.15, 0.2) is 11.9 Å². The molecule has 0 aromatic heterocycles. The van der Waals surface area contributed by atoms with Crippen molar-refractivity contribution in [3.8, 4) is 0 Å². The van der Waals surface area contributed by atoms with E-state index in [4.69, 9.17) is 9.47 Å². The van der Waals surface area contributed by atoms with Gasteiger partial charge in [-0.25, -0.2) is 9.59 Å². The maximum atomic E-state index is 14.0. The van der Waals surface area contributed by atoms with Crippen molar-refractivity contribution < 1.29 is 48.1 Å². The summed E-state index contributed by atoms with van der Waals surface area (Å²) in [7, 11) is 2.90. The third-order valence-corrected chi connectivity index (χ3v) is 10.8. The summed E-state index contributed by atoms with van der Waals surface area (Å²) >= 11 is 0.